The van der Waals surface area contributed by atoms with Crippen molar-refractivity contribution >= 4 is 10.0 Å². The van der Waals surface area contributed by atoms with Gasteiger partial charge in [0.1, 0.15) is 10.6 Å². The predicted octanol–water partition coefficient (Wildman–Crippen LogP) is 0.788. The number of nitrogens with two attached hydrogens (primary N) is 1. The number of rotatable bonds is 4. The first-order chi connectivity index (χ1) is 9.50. The van der Waals surface area contributed by atoms with Gasteiger partial charge in [0.2, 0.25) is 10.0 Å². The van der Waals surface area contributed by atoms with E-state index in [1.807, 2.05) is 0 Å². The van der Waals surface area contributed by atoms with Crippen LogP contribution in [0.5, 0.6) is 5.75 Å². The molecule has 0 spiro atoms. The van der Waals surface area contributed by atoms with Crippen molar-refractivity contribution in [1.29, 1.82) is 0 Å². The summed E-state index contributed by atoms with van der Waals surface area (Å²) in [5.74, 6) is 5.88. The van der Waals surface area contributed by atoms with Crippen molar-refractivity contribution in [3.63, 3.8) is 0 Å². The third-order valence-electron chi connectivity index (χ3n) is 3.22. The predicted molar refractivity (Wildman–Crippen MR) is 76.9 cm³/mol. The molecule has 1 aliphatic rings. The molecule has 1 saturated carbocycles. The lowest BCUT2D eigenvalue weighted by Gasteiger charge is -2.18. The van der Waals surface area contributed by atoms with Gasteiger partial charge in [-0.15, -0.1) is 0 Å². The van der Waals surface area contributed by atoms with Gasteiger partial charge in [-0.1, -0.05) is 11.8 Å². The van der Waals surface area contributed by atoms with Crippen molar-refractivity contribution < 1.29 is 13.2 Å². The molecule has 0 unspecified atom stereocenters. The van der Waals surface area contributed by atoms with Crippen LogP contribution in [-0.2, 0) is 10.0 Å². The average molecular weight is 294 g/mol. The summed E-state index contributed by atoms with van der Waals surface area (Å²) in [6, 6.07) is 4.98. The number of sulfonamides is 1. The van der Waals surface area contributed by atoms with Crippen LogP contribution in [-0.4, -0.2) is 39.5 Å². The Bertz CT molecular complexity index is 655. The van der Waals surface area contributed by atoms with E-state index in [4.69, 9.17) is 10.5 Å². The van der Waals surface area contributed by atoms with Gasteiger partial charge in [-0.3, -0.25) is 0 Å². The Hall–Kier alpha value is -1.55. The van der Waals surface area contributed by atoms with Gasteiger partial charge in [0.05, 0.1) is 13.7 Å². The van der Waals surface area contributed by atoms with E-state index in [0.717, 1.165) is 12.8 Å². The first kappa shape index (κ1) is 14.9. The van der Waals surface area contributed by atoms with Gasteiger partial charge in [-0.05, 0) is 31.0 Å². The fourth-order valence-corrected chi connectivity index (χ4v) is 3.49. The molecule has 0 bridgehead atoms. The monoisotopic (exact) mass is 294 g/mol. The van der Waals surface area contributed by atoms with Crippen LogP contribution in [0.25, 0.3) is 0 Å². The lowest BCUT2D eigenvalue weighted by Crippen LogP contribution is -2.29. The Kier molecular flexibility index (Phi) is 4.33. The summed E-state index contributed by atoms with van der Waals surface area (Å²) in [6.45, 7) is 0.232. The van der Waals surface area contributed by atoms with Gasteiger partial charge in [-0.2, -0.15) is 4.31 Å². The van der Waals surface area contributed by atoms with Gasteiger partial charge in [0.15, 0.2) is 0 Å². The quantitative estimate of drug-likeness (QED) is 0.833. The zero-order valence-corrected chi connectivity index (χ0v) is 12.4. The van der Waals surface area contributed by atoms with Crippen LogP contribution in [0.4, 0.5) is 0 Å². The third kappa shape index (κ3) is 2.96. The van der Waals surface area contributed by atoms with Crippen LogP contribution in [0, 0.1) is 11.8 Å². The number of hydrogen-bond donors (Lipinski definition) is 1. The van der Waals surface area contributed by atoms with Gasteiger partial charge in [0, 0.05) is 18.7 Å². The largest absolute Gasteiger partial charge is 0.495 e. The Morgan fingerprint density at radius 1 is 1.45 bits per heavy atom. The first-order valence-corrected chi connectivity index (χ1v) is 7.79. The summed E-state index contributed by atoms with van der Waals surface area (Å²) >= 11 is 0. The van der Waals surface area contributed by atoms with Crippen LogP contribution >= 0.6 is 0 Å². The second-order valence-electron chi connectivity index (χ2n) is 4.62. The summed E-state index contributed by atoms with van der Waals surface area (Å²) in [7, 11) is -0.500. The van der Waals surface area contributed by atoms with E-state index in [1.165, 1.54) is 17.5 Å². The molecule has 1 aliphatic carbocycles. The molecular weight excluding hydrogens is 276 g/mol. The van der Waals surface area contributed by atoms with E-state index < -0.39 is 10.0 Å². The maximum Gasteiger partial charge on any atom is 0.246 e. The molecule has 0 saturated heterocycles. The van der Waals surface area contributed by atoms with E-state index in [9.17, 15) is 8.42 Å². The fourth-order valence-electron chi connectivity index (χ4n) is 1.90. The number of methoxy groups -OCH3 is 1. The maximum atomic E-state index is 12.6. The number of hydrogen-bond acceptors (Lipinski definition) is 4. The molecule has 20 heavy (non-hydrogen) atoms. The molecule has 0 radical (unpaired) electrons. The van der Waals surface area contributed by atoms with E-state index in [-0.39, 0.29) is 17.5 Å². The highest BCUT2D eigenvalue weighted by Gasteiger charge is 2.36. The molecular formula is C14H18N2O3S. The molecule has 0 amide bonds. The highest BCUT2D eigenvalue weighted by atomic mass is 32.2. The van der Waals surface area contributed by atoms with Crippen molar-refractivity contribution in [2.45, 2.75) is 23.8 Å². The molecule has 1 aromatic carbocycles. The molecule has 0 aliphatic heterocycles. The van der Waals surface area contributed by atoms with Crippen LogP contribution in [0.15, 0.2) is 23.1 Å². The summed E-state index contributed by atoms with van der Waals surface area (Å²) in [4.78, 5) is 0.151. The molecule has 1 fully saturated rings. The summed E-state index contributed by atoms with van der Waals surface area (Å²) in [6.07, 6.45) is 1.81. The highest BCUT2D eigenvalue weighted by molar-refractivity contribution is 7.89. The number of ether oxygens (including phenoxy) is 1. The number of benzene rings is 1. The lowest BCUT2D eigenvalue weighted by atomic mass is 10.2. The second kappa shape index (κ2) is 5.83. The molecule has 2 rings (SSSR count). The van der Waals surface area contributed by atoms with Crippen molar-refractivity contribution in [3.8, 4) is 17.6 Å². The van der Waals surface area contributed by atoms with Crippen molar-refractivity contribution in [2.24, 2.45) is 5.73 Å². The zero-order chi connectivity index (χ0) is 14.8. The highest BCUT2D eigenvalue weighted by Crippen LogP contribution is 2.34. The minimum atomic E-state index is -3.56. The Balaban J connectivity index is 2.47. The first-order valence-electron chi connectivity index (χ1n) is 6.35. The Labute approximate surface area is 119 Å². The van der Waals surface area contributed by atoms with Crippen molar-refractivity contribution in [1.82, 2.24) is 4.31 Å². The van der Waals surface area contributed by atoms with Crippen molar-refractivity contribution in [3.05, 3.63) is 23.8 Å². The molecule has 2 N–H and O–H groups in total. The van der Waals surface area contributed by atoms with Crippen molar-refractivity contribution in [2.75, 3.05) is 20.7 Å². The van der Waals surface area contributed by atoms with Crippen LogP contribution in [0.1, 0.15) is 18.4 Å². The summed E-state index contributed by atoms with van der Waals surface area (Å²) < 4.78 is 31.8. The number of nitrogens with zero attached hydrogens (tertiary/aromatic N) is 1. The van der Waals surface area contributed by atoms with E-state index in [0.29, 0.717) is 11.3 Å². The minimum Gasteiger partial charge on any atom is -0.495 e. The summed E-state index contributed by atoms with van der Waals surface area (Å²) in [5, 5.41) is 0. The molecule has 108 valence electrons. The minimum absolute atomic E-state index is 0.100. The molecule has 1 aromatic rings. The van der Waals surface area contributed by atoms with Gasteiger partial charge in [-0.25, -0.2) is 8.42 Å². The smallest absolute Gasteiger partial charge is 0.246 e. The topological polar surface area (TPSA) is 72.6 Å². The van der Waals surface area contributed by atoms with Crippen LogP contribution < -0.4 is 10.5 Å². The Morgan fingerprint density at radius 3 is 2.70 bits per heavy atom. The molecule has 0 heterocycles. The molecule has 0 atom stereocenters. The van der Waals surface area contributed by atoms with E-state index in [1.54, 1.807) is 19.2 Å². The molecule has 0 aromatic heterocycles. The molecule has 6 heteroatoms. The third-order valence-corrected chi connectivity index (χ3v) is 5.15. The van der Waals surface area contributed by atoms with Crippen LogP contribution in [0.2, 0.25) is 0 Å². The SMILES string of the molecule is COc1ccc(C#CCN)cc1S(=O)(=O)N(C)C1CC1. The standard InChI is InChI=1S/C14H18N2O3S/c1-16(12-6-7-12)20(17,18)14-10-11(4-3-9-15)5-8-13(14)19-2/h5,8,10,12H,6-7,9,15H2,1-2H3. The second-order valence-corrected chi connectivity index (χ2v) is 6.59. The zero-order valence-electron chi connectivity index (χ0n) is 11.6. The Morgan fingerprint density at radius 2 is 2.15 bits per heavy atom. The average Bonchev–Trinajstić information content (AvgIpc) is 3.28. The van der Waals surface area contributed by atoms with E-state index >= 15 is 0 Å². The van der Waals surface area contributed by atoms with Gasteiger partial charge in [0.25, 0.3) is 0 Å². The van der Waals surface area contributed by atoms with Crippen LogP contribution in [0.3, 0.4) is 0 Å². The van der Waals surface area contributed by atoms with E-state index in [2.05, 4.69) is 11.8 Å². The normalized spacial score (nSPS) is 14.8. The summed E-state index contributed by atoms with van der Waals surface area (Å²) in [5.41, 5.74) is 5.94. The molecule has 5 nitrogen and oxygen atoms in total. The van der Waals surface area contributed by atoms with Gasteiger partial charge >= 0.3 is 0 Å². The lowest BCUT2D eigenvalue weighted by molar-refractivity contribution is 0.397. The fraction of sp³-hybridized carbons (Fsp3) is 0.429. The maximum absolute atomic E-state index is 12.6. The van der Waals surface area contributed by atoms with Gasteiger partial charge < -0.3 is 10.5 Å².